The molecule has 0 amide bonds. The van der Waals surface area contributed by atoms with Gasteiger partial charge in [0.05, 0.1) is 79.7 Å². The average molecular weight is 1220 g/mol. The third-order valence-corrected chi connectivity index (χ3v) is 17.1. The van der Waals surface area contributed by atoms with E-state index in [1.807, 2.05) is 74.0 Å². The van der Waals surface area contributed by atoms with Crippen LogP contribution in [0.2, 0.25) is 15.1 Å². The molecule has 4 aliphatic rings. The standard InChI is InChI=1S/C23H27ClN4O2.C22H25ClN4O.C21H22ClN5O/c1-16(2)13-27-15-20(3-4-22(27)29)28-14-19(12-26-28)23-21(24)10-18(11-25-23)9-17-5-7-30-8-6-17;1-15(2)12-26-14-19(6-7-21(26)28)27-13-18(11-25-27)22-20(23)9-17(10-24-22)8-16-4-3-5-16;22-19-8-17(25-16-2-1-3-16)10-23-21(19)15-9-24-27(12-15)18-6-7-20(28)26(13-18)11-14-4-5-14/h3-4,10-12,14-17H,5-9,13H2,1-2H3;6-7,9-11,13-16H,3-5,8,12H2,1-2H3;6-10,12-14,16,25H,1-5,11H2. The van der Waals surface area contributed by atoms with Gasteiger partial charge in [-0.2, -0.15) is 15.3 Å². The molecule has 0 atom stereocenters. The van der Waals surface area contributed by atoms with Crippen molar-refractivity contribution >= 4 is 40.5 Å². The molecule has 0 bridgehead atoms. The van der Waals surface area contributed by atoms with E-state index in [9.17, 15) is 14.4 Å². The minimum atomic E-state index is -0.00958. The molecular weight excluding hydrogens is 1150 g/mol. The van der Waals surface area contributed by atoms with Crippen molar-refractivity contribution < 1.29 is 4.74 Å². The molecule has 1 saturated heterocycles. The summed E-state index contributed by atoms with van der Waals surface area (Å²) in [6.07, 6.45) is 36.5. The smallest absolute Gasteiger partial charge is 0.250 e. The molecule has 4 fully saturated rings. The number of hydrogen-bond acceptors (Lipinski definition) is 11. The molecular formula is C66H74Cl3N13O4. The van der Waals surface area contributed by atoms with Gasteiger partial charge in [0.15, 0.2) is 0 Å². The molecule has 1 aliphatic heterocycles. The highest BCUT2D eigenvalue weighted by Crippen LogP contribution is 2.35. The van der Waals surface area contributed by atoms with Crippen molar-refractivity contribution in [2.24, 2.45) is 29.6 Å². The van der Waals surface area contributed by atoms with Gasteiger partial charge in [0.1, 0.15) is 0 Å². The second-order valence-corrected chi connectivity index (χ2v) is 25.5. The quantitative estimate of drug-likeness (QED) is 0.0864. The van der Waals surface area contributed by atoms with E-state index >= 15 is 0 Å². The highest BCUT2D eigenvalue weighted by atomic mass is 35.5. The van der Waals surface area contributed by atoms with Crippen LogP contribution in [0.5, 0.6) is 0 Å². The molecule has 9 aromatic rings. The molecule has 9 aromatic heterocycles. The molecule has 3 aliphatic carbocycles. The van der Waals surface area contributed by atoms with Gasteiger partial charge in [0.25, 0.3) is 16.7 Å². The van der Waals surface area contributed by atoms with Crippen LogP contribution in [0.3, 0.4) is 0 Å². The Hall–Kier alpha value is -7.44. The zero-order valence-electron chi connectivity index (χ0n) is 49.2. The normalized spacial score (nSPS) is 15.4. The lowest BCUT2D eigenvalue weighted by Crippen LogP contribution is -2.26. The molecule has 1 N–H and O–H groups in total. The van der Waals surface area contributed by atoms with Crippen molar-refractivity contribution in [3.8, 4) is 50.8 Å². The third kappa shape index (κ3) is 15.4. The summed E-state index contributed by atoms with van der Waals surface area (Å²) in [6.45, 7) is 12.2. The first-order valence-corrected chi connectivity index (χ1v) is 31.3. The second kappa shape index (κ2) is 27.5. The predicted molar refractivity (Wildman–Crippen MR) is 340 cm³/mol. The molecule has 0 unspecified atom stereocenters. The van der Waals surface area contributed by atoms with Crippen LogP contribution in [-0.4, -0.2) is 77.3 Å². The van der Waals surface area contributed by atoms with E-state index in [1.165, 1.54) is 56.9 Å². The fraction of sp³-hybridized carbons (Fsp3) is 0.409. The summed E-state index contributed by atoms with van der Waals surface area (Å²) in [5.74, 6) is 2.83. The van der Waals surface area contributed by atoms with E-state index in [1.54, 1.807) is 82.7 Å². The number of rotatable bonds is 18. The van der Waals surface area contributed by atoms with E-state index in [-0.39, 0.29) is 16.7 Å². The number of halogens is 3. The minimum absolute atomic E-state index is 0.00316. The minimum Gasteiger partial charge on any atom is -0.381 e. The highest BCUT2D eigenvalue weighted by molar-refractivity contribution is 6.33. The van der Waals surface area contributed by atoms with Crippen molar-refractivity contribution in [1.82, 2.24) is 58.0 Å². The fourth-order valence-corrected chi connectivity index (χ4v) is 11.8. The van der Waals surface area contributed by atoms with Crippen LogP contribution in [0, 0.1) is 29.6 Å². The monoisotopic (exact) mass is 1220 g/mol. The lowest BCUT2D eigenvalue weighted by molar-refractivity contribution is 0.0665. The molecule has 86 heavy (non-hydrogen) atoms. The summed E-state index contributed by atoms with van der Waals surface area (Å²) in [6, 6.07) is 16.6. The SMILES string of the molecule is CC(C)Cn1cc(-n2cc(-c3ncc(CC4CCC4)cc3Cl)cn2)ccc1=O.CC(C)Cn1cc(-n2cc(-c3ncc(CC4CCOCC4)cc3Cl)cn2)ccc1=O.O=c1ccc(-n2cc(-c3ncc(NC4CCC4)cc3Cl)cn2)cn1CC1CC1. The molecule has 10 heterocycles. The van der Waals surface area contributed by atoms with Gasteiger partial charge in [0, 0.05) is 123 Å². The number of hydrogen-bond donors (Lipinski definition) is 1. The van der Waals surface area contributed by atoms with E-state index in [0.29, 0.717) is 69.3 Å². The van der Waals surface area contributed by atoms with Crippen LogP contribution in [0.1, 0.15) is 103 Å². The van der Waals surface area contributed by atoms with E-state index in [2.05, 4.69) is 63.3 Å². The van der Waals surface area contributed by atoms with Gasteiger partial charge >= 0.3 is 0 Å². The Balaban J connectivity index is 0.000000134. The van der Waals surface area contributed by atoms with Crippen molar-refractivity contribution in [1.29, 1.82) is 0 Å². The Kier molecular flexibility index (Phi) is 19.3. The predicted octanol–water partition coefficient (Wildman–Crippen LogP) is 13.2. The summed E-state index contributed by atoms with van der Waals surface area (Å²) in [5.41, 5.74) is 10.6. The molecule has 0 aromatic carbocycles. The van der Waals surface area contributed by atoms with E-state index in [0.717, 1.165) is 102 Å². The lowest BCUT2D eigenvalue weighted by Gasteiger charge is -2.27. The fourth-order valence-electron chi connectivity index (χ4n) is 10.9. The topological polar surface area (TPSA) is 179 Å². The van der Waals surface area contributed by atoms with E-state index in [4.69, 9.17) is 39.5 Å². The number of ether oxygens (including phenoxy) is 1. The molecule has 0 spiro atoms. The zero-order chi connectivity index (χ0) is 59.8. The number of nitrogens with one attached hydrogen (secondary N) is 1. The van der Waals surface area contributed by atoms with Crippen LogP contribution in [0.4, 0.5) is 5.69 Å². The Bertz CT molecular complexity index is 3810. The van der Waals surface area contributed by atoms with Crippen molar-refractivity contribution in [3.05, 3.63) is 186 Å². The summed E-state index contributed by atoms with van der Waals surface area (Å²) in [4.78, 5) is 50.0. The van der Waals surface area contributed by atoms with E-state index < -0.39 is 0 Å². The van der Waals surface area contributed by atoms with Crippen LogP contribution >= 0.6 is 34.8 Å². The molecule has 17 nitrogen and oxygen atoms in total. The molecule has 20 heteroatoms. The largest absolute Gasteiger partial charge is 0.381 e. The molecule has 3 saturated carbocycles. The van der Waals surface area contributed by atoms with Gasteiger partial charge in [-0.05, 0) is 135 Å². The van der Waals surface area contributed by atoms with Gasteiger partial charge in [-0.1, -0.05) is 81.8 Å². The van der Waals surface area contributed by atoms with Crippen molar-refractivity contribution in [3.63, 3.8) is 0 Å². The van der Waals surface area contributed by atoms with Gasteiger partial charge < -0.3 is 23.8 Å². The van der Waals surface area contributed by atoms with Gasteiger partial charge in [-0.25, -0.2) is 14.0 Å². The molecule has 0 radical (unpaired) electrons. The molecule has 448 valence electrons. The molecule has 13 rings (SSSR count). The Morgan fingerprint density at radius 1 is 0.488 bits per heavy atom. The number of aromatic nitrogens is 12. The Labute approximate surface area is 516 Å². The van der Waals surface area contributed by atoms with Gasteiger partial charge in [-0.15, -0.1) is 0 Å². The lowest BCUT2D eigenvalue weighted by atomic mass is 9.81. The summed E-state index contributed by atoms with van der Waals surface area (Å²) in [7, 11) is 0. The van der Waals surface area contributed by atoms with Gasteiger partial charge in [0.2, 0.25) is 0 Å². The summed E-state index contributed by atoms with van der Waals surface area (Å²) >= 11 is 19.6. The van der Waals surface area contributed by atoms with Crippen LogP contribution < -0.4 is 22.0 Å². The summed E-state index contributed by atoms with van der Waals surface area (Å²) < 4.78 is 15.9. The highest BCUT2D eigenvalue weighted by Gasteiger charge is 2.24. The van der Waals surface area contributed by atoms with Crippen LogP contribution in [0.25, 0.3) is 50.8 Å². The van der Waals surface area contributed by atoms with Gasteiger partial charge in [-0.3, -0.25) is 29.3 Å². The number of nitrogens with zero attached hydrogens (tertiary/aromatic N) is 12. The first-order valence-electron chi connectivity index (χ1n) is 30.2. The van der Waals surface area contributed by atoms with Crippen molar-refractivity contribution in [2.75, 3.05) is 18.5 Å². The van der Waals surface area contributed by atoms with Crippen LogP contribution in [-0.2, 0) is 37.2 Å². The zero-order valence-corrected chi connectivity index (χ0v) is 51.5. The first-order chi connectivity index (χ1) is 41.6. The summed E-state index contributed by atoms with van der Waals surface area (Å²) in [5, 5.41) is 18.7. The third-order valence-electron chi connectivity index (χ3n) is 16.3. The maximum atomic E-state index is 12.1. The number of pyridine rings is 6. The maximum absolute atomic E-state index is 12.1. The van der Waals surface area contributed by atoms with Crippen LogP contribution in [0.15, 0.2) is 143 Å². The average Bonchev–Trinajstić information content (AvgIpc) is 2.26. The maximum Gasteiger partial charge on any atom is 0.250 e. The number of anilines is 1. The first kappa shape index (κ1) is 60.3. The van der Waals surface area contributed by atoms with Crippen molar-refractivity contribution in [2.45, 2.75) is 130 Å². The Morgan fingerprint density at radius 3 is 1.30 bits per heavy atom. The second-order valence-electron chi connectivity index (χ2n) is 24.3. The Morgan fingerprint density at radius 2 is 0.907 bits per heavy atom.